The molecular weight excluding hydrogens is 488 g/mol. The van der Waals surface area contributed by atoms with Gasteiger partial charge in [0.15, 0.2) is 0 Å². The highest BCUT2D eigenvalue weighted by Gasteiger charge is 2.15. The van der Waals surface area contributed by atoms with Gasteiger partial charge in [-0.15, -0.1) is 11.3 Å². The lowest BCUT2D eigenvalue weighted by Gasteiger charge is -2.13. The van der Waals surface area contributed by atoms with E-state index in [9.17, 15) is 4.79 Å². The Labute approximate surface area is 219 Å². The SMILES string of the molecule is O=C(NCc1cccnc1)c1ccc(-c2sccc2-c2cc(Cl)ccc2OCc2ccccc2)cc1. The van der Waals surface area contributed by atoms with E-state index < -0.39 is 0 Å². The number of pyridine rings is 1. The van der Waals surface area contributed by atoms with Crippen molar-refractivity contribution in [2.75, 3.05) is 0 Å². The Kier molecular flexibility index (Phi) is 7.41. The average molecular weight is 511 g/mol. The molecule has 6 heteroatoms. The van der Waals surface area contributed by atoms with E-state index in [1.807, 2.05) is 84.9 Å². The van der Waals surface area contributed by atoms with Crippen LogP contribution in [0.2, 0.25) is 5.02 Å². The molecule has 0 atom stereocenters. The summed E-state index contributed by atoms with van der Waals surface area (Å²) in [6.07, 6.45) is 3.46. The van der Waals surface area contributed by atoms with Crippen LogP contribution in [0.15, 0.2) is 109 Å². The molecule has 0 radical (unpaired) electrons. The largest absolute Gasteiger partial charge is 0.488 e. The third kappa shape index (κ3) is 5.65. The van der Waals surface area contributed by atoms with Crippen LogP contribution in [-0.2, 0) is 13.2 Å². The van der Waals surface area contributed by atoms with Gasteiger partial charge in [0.2, 0.25) is 0 Å². The van der Waals surface area contributed by atoms with Gasteiger partial charge in [0, 0.05) is 45.5 Å². The van der Waals surface area contributed by atoms with Crippen LogP contribution >= 0.6 is 22.9 Å². The Morgan fingerprint density at radius 3 is 2.47 bits per heavy atom. The number of carbonyl (C=O) groups is 1. The Balaban J connectivity index is 1.35. The summed E-state index contributed by atoms with van der Waals surface area (Å²) in [5, 5.41) is 5.64. The van der Waals surface area contributed by atoms with E-state index in [1.54, 1.807) is 23.7 Å². The molecule has 2 heterocycles. The molecule has 5 rings (SSSR count). The normalized spacial score (nSPS) is 10.7. The summed E-state index contributed by atoms with van der Waals surface area (Å²) >= 11 is 8.02. The fraction of sp³-hybridized carbons (Fsp3) is 0.0667. The number of halogens is 1. The van der Waals surface area contributed by atoms with Crippen molar-refractivity contribution < 1.29 is 9.53 Å². The number of ether oxygens (including phenoxy) is 1. The van der Waals surface area contributed by atoms with Gasteiger partial charge < -0.3 is 10.1 Å². The van der Waals surface area contributed by atoms with E-state index in [0.29, 0.717) is 23.7 Å². The van der Waals surface area contributed by atoms with E-state index in [4.69, 9.17) is 16.3 Å². The predicted molar refractivity (Wildman–Crippen MR) is 146 cm³/mol. The summed E-state index contributed by atoms with van der Waals surface area (Å²) in [6.45, 7) is 0.905. The third-order valence-corrected chi connectivity index (χ3v) is 6.92. The number of amides is 1. The number of benzene rings is 3. The lowest BCUT2D eigenvalue weighted by molar-refractivity contribution is 0.0951. The van der Waals surface area contributed by atoms with Gasteiger partial charge in [0.25, 0.3) is 5.91 Å². The minimum absolute atomic E-state index is 0.122. The standard InChI is InChI=1S/C30H23ClN2O2S/c31-25-12-13-28(35-20-21-5-2-1-3-6-21)27(17-25)26-14-16-36-29(26)23-8-10-24(11-9-23)30(34)33-19-22-7-4-15-32-18-22/h1-18H,19-20H2,(H,33,34). The minimum atomic E-state index is -0.122. The van der Waals surface area contributed by atoms with Crippen molar-refractivity contribution in [1.82, 2.24) is 10.3 Å². The van der Waals surface area contributed by atoms with Crippen molar-refractivity contribution in [2.24, 2.45) is 0 Å². The van der Waals surface area contributed by atoms with Gasteiger partial charge in [-0.05, 0) is 64.5 Å². The van der Waals surface area contributed by atoms with Crippen LogP contribution in [0.25, 0.3) is 21.6 Å². The molecule has 1 amide bonds. The summed E-state index contributed by atoms with van der Waals surface area (Å²) < 4.78 is 6.20. The number of nitrogens with zero attached hydrogens (tertiary/aromatic N) is 1. The van der Waals surface area contributed by atoms with E-state index in [0.717, 1.165) is 38.4 Å². The summed E-state index contributed by atoms with van der Waals surface area (Å²) in [6, 6.07) is 29.3. The second-order valence-corrected chi connectivity index (χ2v) is 9.55. The molecule has 1 N–H and O–H groups in total. The number of nitrogens with one attached hydrogen (secondary N) is 1. The predicted octanol–water partition coefficient (Wildman–Crippen LogP) is 7.64. The van der Waals surface area contributed by atoms with Gasteiger partial charge in [0.05, 0.1) is 0 Å². The zero-order valence-electron chi connectivity index (χ0n) is 19.4. The third-order valence-electron chi connectivity index (χ3n) is 5.72. The summed E-state index contributed by atoms with van der Waals surface area (Å²) in [5.74, 6) is 0.651. The fourth-order valence-electron chi connectivity index (χ4n) is 3.88. The van der Waals surface area contributed by atoms with Crippen molar-refractivity contribution >= 4 is 28.8 Å². The van der Waals surface area contributed by atoms with Crippen LogP contribution in [0, 0.1) is 0 Å². The van der Waals surface area contributed by atoms with E-state index in [2.05, 4.69) is 21.7 Å². The highest BCUT2D eigenvalue weighted by Crippen LogP contribution is 2.42. The molecule has 0 aliphatic heterocycles. The van der Waals surface area contributed by atoms with Crippen molar-refractivity contribution in [3.8, 4) is 27.3 Å². The molecule has 36 heavy (non-hydrogen) atoms. The fourth-order valence-corrected chi connectivity index (χ4v) is 4.97. The molecule has 4 nitrogen and oxygen atoms in total. The molecule has 0 spiro atoms. The topological polar surface area (TPSA) is 51.2 Å². The van der Waals surface area contributed by atoms with Gasteiger partial charge >= 0.3 is 0 Å². The van der Waals surface area contributed by atoms with E-state index in [-0.39, 0.29) is 5.91 Å². The first-order chi connectivity index (χ1) is 17.7. The lowest BCUT2D eigenvalue weighted by Crippen LogP contribution is -2.22. The van der Waals surface area contributed by atoms with Crippen molar-refractivity contribution in [1.29, 1.82) is 0 Å². The quantitative estimate of drug-likeness (QED) is 0.233. The van der Waals surface area contributed by atoms with Crippen LogP contribution in [0.4, 0.5) is 0 Å². The number of thiophene rings is 1. The van der Waals surface area contributed by atoms with Gasteiger partial charge in [-0.2, -0.15) is 0 Å². The van der Waals surface area contributed by atoms with Gasteiger partial charge in [-0.3, -0.25) is 9.78 Å². The smallest absolute Gasteiger partial charge is 0.251 e. The number of hydrogen-bond donors (Lipinski definition) is 1. The van der Waals surface area contributed by atoms with Gasteiger partial charge in [-0.1, -0.05) is 60.1 Å². The maximum atomic E-state index is 12.6. The first-order valence-corrected chi connectivity index (χ1v) is 12.7. The zero-order valence-corrected chi connectivity index (χ0v) is 20.9. The molecule has 0 saturated heterocycles. The summed E-state index contributed by atoms with van der Waals surface area (Å²) in [5.41, 5.74) is 5.67. The number of hydrogen-bond acceptors (Lipinski definition) is 4. The zero-order chi connectivity index (χ0) is 24.7. The number of aromatic nitrogens is 1. The Morgan fingerprint density at radius 2 is 1.69 bits per heavy atom. The Morgan fingerprint density at radius 1 is 0.889 bits per heavy atom. The molecule has 0 aliphatic carbocycles. The van der Waals surface area contributed by atoms with Crippen LogP contribution in [0.5, 0.6) is 5.75 Å². The van der Waals surface area contributed by atoms with Crippen molar-refractivity contribution in [2.45, 2.75) is 13.2 Å². The van der Waals surface area contributed by atoms with Gasteiger partial charge in [-0.25, -0.2) is 0 Å². The van der Waals surface area contributed by atoms with E-state index >= 15 is 0 Å². The maximum Gasteiger partial charge on any atom is 0.251 e. The molecule has 0 unspecified atom stereocenters. The van der Waals surface area contributed by atoms with Crippen LogP contribution in [-0.4, -0.2) is 10.9 Å². The molecule has 178 valence electrons. The molecule has 0 fully saturated rings. The molecular formula is C30H23ClN2O2S. The highest BCUT2D eigenvalue weighted by molar-refractivity contribution is 7.14. The van der Waals surface area contributed by atoms with Crippen molar-refractivity contribution in [3.05, 3.63) is 130 Å². The first kappa shape index (κ1) is 23.8. The molecule has 3 aromatic carbocycles. The first-order valence-electron chi connectivity index (χ1n) is 11.5. The molecule has 0 saturated carbocycles. The Bertz CT molecular complexity index is 1450. The van der Waals surface area contributed by atoms with Gasteiger partial charge in [0.1, 0.15) is 12.4 Å². The maximum absolute atomic E-state index is 12.6. The summed E-state index contributed by atoms with van der Waals surface area (Å²) in [4.78, 5) is 17.8. The monoisotopic (exact) mass is 510 g/mol. The molecule has 0 aliphatic rings. The van der Waals surface area contributed by atoms with Crippen LogP contribution in [0.1, 0.15) is 21.5 Å². The van der Waals surface area contributed by atoms with E-state index in [1.165, 1.54) is 0 Å². The molecule has 2 aromatic heterocycles. The van der Waals surface area contributed by atoms with Crippen LogP contribution in [0.3, 0.4) is 0 Å². The summed E-state index contributed by atoms with van der Waals surface area (Å²) in [7, 11) is 0. The highest BCUT2D eigenvalue weighted by atomic mass is 35.5. The second kappa shape index (κ2) is 11.2. The lowest BCUT2D eigenvalue weighted by atomic mass is 10.0. The second-order valence-electron chi connectivity index (χ2n) is 8.20. The van der Waals surface area contributed by atoms with Crippen molar-refractivity contribution in [3.63, 3.8) is 0 Å². The Hall–Kier alpha value is -3.93. The van der Waals surface area contributed by atoms with Crippen LogP contribution < -0.4 is 10.1 Å². The number of rotatable bonds is 8. The minimum Gasteiger partial charge on any atom is -0.488 e. The average Bonchev–Trinajstić information content (AvgIpc) is 3.42. The number of carbonyl (C=O) groups excluding carboxylic acids is 1. The molecule has 5 aromatic rings. The molecule has 0 bridgehead atoms.